The molecule has 1 saturated carbocycles. The molecule has 42 heavy (non-hydrogen) atoms. The third-order valence-corrected chi connectivity index (χ3v) is 9.94. The molecule has 2 amide bonds. The summed E-state index contributed by atoms with van der Waals surface area (Å²) in [6.07, 6.45) is 5.61. The molecular formula is C34H43N3O4S. The second kappa shape index (κ2) is 14.0. The number of aryl methyl sites for hydroxylation is 3. The topological polar surface area (TPSA) is 86.8 Å². The molecule has 3 aromatic rings. The molecule has 1 aliphatic carbocycles. The fraction of sp³-hybridized carbons (Fsp3) is 0.412. The Bertz CT molecular complexity index is 1480. The van der Waals surface area contributed by atoms with E-state index in [1.807, 2.05) is 64.1 Å². The number of sulfonamides is 1. The Morgan fingerprint density at radius 3 is 2.19 bits per heavy atom. The highest BCUT2D eigenvalue weighted by molar-refractivity contribution is 7.92. The standard InChI is InChI=1S/C34H43N3O4S/c1-5-31(34(39)35-29-16-8-6-9-17-29)36(23-28-15-13-12-14-26(28)3)33(38)24-37(32-21-20-25(2)22-27(32)4)42(40,41)30-18-10-7-11-19-30/h7,10-15,18-22,29,31H,5-6,8-9,16-17,23-24H2,1-4H3,(H,35,39)/t31-/m0/s1. The summed E-state index contributed by atoms with van der Waals surface area (Å²) in [6.45, 7) is 7.43. The molecule has 0 spiro atoms. The monoisotopic (exact) mass is 589 g/mol. The molecule has 1 atom stereocenters. The Morgan fingerprint density at radius 2 is 1.55 bits per heavy atom. The summed E-state index contributed by atoms with van der Waals surface area (Å²) >= 11 is 0. The van der Waals surface area contributed by atoms with Crippen LogP contribution >= 0.6 is 0 Å². The molecule has 0 radical (unpaired) electrons. The van der Waals surface area contributed by atoms with E-state index in [0.717, 1.165) is 47.9 Å². The summed E-state index contributed by atoms with van der Waals surface area (Å²) in [6, 6.07) is 20.8. The van der Waals surface area contributed by atoms with Crippen LogP contribution in [0.2, 0.25) is 0 Å². The third kappa shape index (κ3) is 7.40. The molecule has 1 aliphatic rings. The van der Waals surface area contributed by atoms with Gasteiger partial charge in [-0.25, -0.2) is 8.42 Å². The van der Waals surface area contributed by atoms with Crippen molar-refractivity contribution in [2.75, 3.05) is 10.8 Å². The Hall–Kier alpha value is -3.65. The number of carbonyl (C=O) groups is 2. The third-order valence-electron chi connectivity index (χ3n) is 8.17. The number of anilines is 1. The van der Waals surface area contributed by atoms with Gasteiger partial charge in [0.1, 0.15) is 12.6 Å². The quantitative estimate of drug-likeness (QED) is 0.294. The van der Waals surface area contributed by atoms with E-state index >= 15 is 0 Å². The first kappa shape index (κ1) is 31.3. The van der Waals surface area contributed by atoms with E-state index in [1.165, 1.54) is 22.9 Å². The van der Waals surface area contributed by atoms with Crippen LogP contribution in [0.1, 0.15) is 67.7 Å². The van der Waals surface area contributed by atoms with Gasteiger partial charge >= 0.3 is 0 Å². The lowest BCUT2D eigenvalue weighted by atomic mass is 9.95. The lowest BCUT2D eigenvalue weighted by molar-refractivity contribution is -0.140. The fourth-order valence-electron chi connectivity index (χ4n) is 5.75. The molecule has 4 rings (SSSR count). The molecule has 0 saturated heterocycles. The maximum atomic E-state index is 14.3. The minimum absolute atomic E-state index is 0.0980. The highest BCUT2D eigenvalue weighted by atomic mass is 32.2. The van der Waals surface area contributed by atoms with Crippen LogP contribution in [0.15, 0.2) is 77.7 Å². The van der Waals surface area contributed by atoms with Gasteiger partial charge in [-0.15, -0.1) is 0 Å². The normalized spacial score (nSPS) is 14.7. The molecule has 224 valence electrons. The number of nitrogens with one attached hydrogen (secondary N) is 1. The Balaban J connectivity index is 1.73. The van der Waals surface area contributed by atoms with E-state index in [1.54, 1.807) is 29.2 Å². The van der Waals surface area contributed by atoms with Gasteiger partial charge in [-0.3, -0.25) is 13.9 Å². The SMILES string of the molecule is CC[C@@H](C(=O)NC1CCCCC1)N(Cc1ccccc1C)C(=O)CN(c1ccc(C)cc1C)S(=O)(=O)c1ccccc1. The predicted octanol–water partition coefficient (Wildman–Crippen LogP) is 6.06. The maximum Gasteiger partial charge on any atom is 0.264 e. The van der Waals surface area contributed by atoms with Gasteiger partial charge in [-0.05, 0) is 74.9 Å². The van der Waals surface area contributed by atoms with Crippen LogP contribution in [0.5, 0.6) is 0 Å². The summed E-state index contributed by atoms with van der Waals surface area (Å²) in [4.78, 5) is 29.7. The van der Waals surface area contributed by atoms with Gasteiger partial charge in [-0.2, -0.15) is 0 Å². The predicted molar refractivity (Wildman–Crippen MR) is 168 cm³/mol. The van der Waals surface area contributed by atoms with E-state index in [9.17, 15) is 18.0 Å². The molecule has 0 bridgehead atoms. The zero-order valence-electron chi connectivity index (χ0n) is 25.2. The van der Waals surface area contributed by atoms with Gasteiger partial charge < -0.3 is 10.2 Å². The summed E-state index contributed by atoms with van der Waals surface area (Å²) in [5, 5.41) is 3.20. The number of hydrogen-bond donors (Lipinski definition) is 1. The molecular weight excluding hydrogens is 546 g/mol. The van der Waals surface area contributed by atoms with Crippen molar-refractivity contribution in [2.24, 2.45) is 0 Å². The van der Waals surface area contributed by atoms with Crippen LogP contribution in [-0.4, -0.2) is 43.8 Å². The van der Waals surface area contributed by atoms with Crippen LogP contribution in [0.3, 0.4) is 0 Å². The fourth-order valence-corrected chi connectivity index (χ4v) is 7.25. The van der Waals surface area contributed by atoms with Crippen LogP contribution in [0.4, 0.5) is 5.69 Å². The van der Waals surface area contributed by atoms with Gasteiger partial charge in [0.05, 0.1) is 10.6 Å². The van der Waals surface area contributed by atoms with Crippen molar-refractivity contribution >= 4 is 27.5 Å². The zero-order chi connectivity index (χ0) is 30.3. The molecule has 0 aliphatic heterocycles. The van der Waals surface area contributed by atoms with Crippen molar-refractivity contribution in [3.8, 4) is 0 Å². The van der Waals surface area contributed by atoms with Crippen LogP contribution in [0.25, 0.3) is 0 Å². The average Bonchev–Trinajstić information content (AvgIpc) is 2.98. The van der Waals surface area contributed by atoms with Crippen molar-refractivity contribution < 1.29 is 18.0 Å². The highest BCUT2D eigenvalue weighted by Crippen LogP contribution is 2.28. The Morgan fingerprint density at radius 1 is 0.881 bits per heavy atom. The van der Waals surface area contributed by atoms with Gasteiger partial charge in [0.15, 0.2) is 0 Å². The van der Waals surface area contributed by atoms with E-state index in [4.69, 9.17) is 0 Å². The molecule has 0 aromatic heterocycles. The lowest BCUT2D eigenvalue weighted by Crippen LogP contribution is -2.54. The Labute approximate surface area is 251 Å². The lowest BCUT2D eigenvalue weighted by Gasteiger charge is -2.35. The van der Waals surface area contributed by atoms with Crippen molar-refractivity contribution in [1.82, 2.24) is 10.2 Å². The summed E-state index contributed by atoms with van der Waals surface area (Å²) in [5.74, 6) is -0.612. The van der Waals surface area contributed by atoms with Gasteiger partial charge in [-0.1, -0.05) is 86.3 Å². The van der Waals surface area contributed by atoms with Crippen molar-refractivity contribution in [3.05, 3.63) is 95.1 Å². The van der Waals surface area contributed by atoms with Crippen molar-refractivity contribution in [2.45, 2.75) is 89.7 Å². The number of amides is 2. The zero-order valence-corrected chi connectivity index (χ0v) is 26.0. The number of nitrogens with zero attached hydrogens (tertiary/aromatic N) is 2. The smallest absolute Gasteiger partial charge is 0.264 e. The van der Waals surface area contributed by atoms with Gasteiger partial charge in [0.25, 0.3) is 10.0 Å². The summed E-state index contributed by atoms with van der Waals surface area (Å²) in [5.41, 5.74) is 4.09. The minimum atomic E-state index is -4.09. The molecule has 7 nitrogen and oxygen atoms in total. The van der Waals surface area contributed by atoms with E-state index in [0.29, 0.717) is 12.1 Å². The number of rotatable bonds is 11. The molecule has 1 fully saturated rings. The van der Waals surface area contributed by atoms with Crippen molar-refractivity contribution in [1.29, 1.82) is 0 Å². The minimum Gasteiger partial charge on any atom is -0.352 e. The average molecular weight is 590 g/mol. The van der Waals surface area contributed by atoms with E-state index in [2.05, 4.69) is 5.32 Å². The molecule has 3 aromatic carbocycles. The molecule has 1 N–H and O–H groups in total. The number of carbonyl (C=O) groups excluding carboxylic acids is 2. The Kier molecular flexibility index (Phi) is 10.4. The highest BCUT2D eigenvalue weighted by Gasteiger charge is 2.35. The summed E-state index contributed by atoms with van der Waals surface area (Å²) < 4.78 is 29.3. The summed E-state index contributed by atoms with van der Waals surface area (Å²) in [7, 11) is -4.09. The van der Waals surface area contributed by atoms with Crippen LogP contribution in [0, 0.1) is 20.8 Å². The number of hydrogen-bond acceptors (Lipinski definition) is 4. The largest absolute Gasteiger partial charge is 0.352 e. The molecule has 0 unspecified atom stereocenters. The van der Waals surface area contributed by atoms with Crippen LogP contribution < -0.4 is 9.62 Å². The number of benzene rings is 3. The van der Waals surface area contributed by atoms with Crippen LogP contribution in [-0.2, 0) is 26.2 Å². The first-order chi connectivity index (χ1) is 20.1. The van der Waals surface area contributed by atoms with E-state index in [-0.39, 0.29) is 23.4 Å². The maximum absolute atomic E-state index is 14.3. The van der Waals surface area contributed by atoms with Crippen molar-refractivity contribution in [3.63, 3.8) is 0 Å². The first-order valence-corrected chi connectivity index (χ1v) is 16.3. The second-order valence-corrected chi connectivity index (χ2v) is 13.2. The first-order valence-electron chi connectivity index (χ1n) is 14.9. The molecule has 8 heteroatoms. The second-order valence-electron chi connectivity index (χ2n) is 11.3. The van der Waals surface area contributed by atoms with Gasteiger partial charge in [0, 0.05) is 12.6 Å². The molecule has 0 heterocycles. The van der Waals surface area contributed by atoms with Gasteiger partial charge in [0.2, 0.25) is 11.8 Å². The van der Waals surface area contributed by atoms with E-state index < -0.39 is 28.5 Å².